The van der Waals surface area contributed by atoms with Gasteiger partial charge in [0, 0.05) is 6.20 Å². The van der Waals surface area contributed by atoms with Crippen molar-refractivity contribution in [3.8, 4) is 22.1 Å². The van der Waals surface area contributed by atoms with Crippen molar-refractivity contribution in [1.82, 2.24) is 15.0 Å². The van der Waals surface area contributed by atoms with Crippen molar-refractivity contribution in [2.75, 3.05) is 0 Å². The van der Waals surface area contributed by atoms with Crippen LogP contribution in [0.5, 0.6) is 0 Å². The minimum absolute atomic E-state index is 0.359. The fourth-order valence-corrected chi connectivity index (χ4v) is 4.06. The second-order valence-corrected chi connectivity index (χ2v) is 8.06. The van der Waals surface area contributed by atoms with Crippen LogP contribution < -0.4 is 0 Å². The van der Waals surface area contributed by atoms with Crippen LogP contribution in [0.15, 0.2) is 66.1 Å². The number of aliphatic carboxylic acids is 2. The monoisotopic (exact) mass is 479 g/mol. The molecule has 0 fully saturated rings. The molecule has 0 atom stereocenters. The van der Waals surface area contributed by atoms with E-state index in [1.165, 1.54) is 29.7 Å². The zero-order valence-electron chi connectivity index (χ0n) is 17.7. The Morgan fingerprint density at radius 3 is 2.11 bits per heavy atom. The maximum Gasteiger partial charge on any atom is 0.333 e. The average Bonchev–Trinajstić information content (AvgIpc) is 3.30. The van der Waals surface area contributed by atoms with Crippen LogP contribution in [0.4, 0.5) is 0 Å². The number of aromatic nitrogens is 3. The van der Waals surface area contributed by atoms with Crippen molar-refractivity contribution < 1.29 is 19.8 Å². The lowest BCUT2D eigenvalue weighted by atomic mass is 10.1. The summed E-state index contributed by atoms with van der Waals surface area (Å²) in [7, 11) is 0. The molecule has 35 heavy (non-hydrogen) atoms. The molecule has 2 N–H and O–H groups in total. The van der Waals surface area contributed by atoms with Crippen molar-refractivity contribution >= 4 is 45.6 Å². The van der Waals surface area contributed by atoms with Gasteiger partial charge in [-0.25, -0.2) is 19.7 Å². The van der Waals surface area contributed by atoms with E-state index in [1.807, 2.05) is 24.3 Å². The zero-order valence-corrected chi connectivity index (χ0v) is 18.5. The third kappa shape index (κ3) is 5.09. The van der Waals surface area contributed by atoms with Crippen molar-refractivity contribution in [1.29, 1.82) is 0 Å². The van der Waals surface area contributed by atoms with E-state index in [-0.39, 0.29) is 0 Å². The SMILES string of the molecule is [C-]#[N+]/C(=C/c1ccnc(-c2cc(/C=C(/[N+]#[C-])C(=O)O)cc(-c3nc4ccccc4s3)n2)c1)C(=O)O. The van der Waals surface area contributed by atoms with Gasteiger partial charge in [0.2, 0.25) is 0 Å². The van der Waals surface area contributed by atoms with Gasteiger partial charge in [0.1, 0.15) is 10.7 Å². The van der Waals surface area contributed by atoms with E-state index in [2.05, 4.69) is 24.6 Å². The molecule has 0 aliphatic rings. The van der Waals surface area contributed by atoms with Gasteiger partial charge < -0.3 is 10.2 Å². The van der Waals surface area contributed by atoms with E-state index >= 15 is 0 Å². The molecule has 10 heteroatoms. The molecule has 4 aromatic rings. The first-order valence-electron chi connectivity index (χ1n) is 9.87. The largest absolute Gasteiger partial charge is 0.486 e. The van der Waals surface area contributed by atoms with Crippen LogP contribution in [0.3, 0.4) is 0 Å². The minimum Gasteiger partial charge on any atom is -0.486 e. The third-order valence-electron chi connectivity index (χ3n) is 4.69. The quantitative estimate of drug-likeness (QED) is 0.291. The van der Waals surface area contributed by atoms with Gasteiger partial charge in [-0.1, -0.05) is 12.1 Å². The number of pyridine rings is 2. The number of carbonyl (C=O) groups is 2. The number of para-hydroxylation sites is 1. The van der Waals surface area contributed by atoms with Crippen molar-refractivity contribution in [2.24, 2.45) is 0 Å². The van der Waals surface area contributed by atoms with Gasteiger partial charge in [-0.05, 0) is 59.7 Å². The second-order valence-electron chi connectivity index (χ2n) is 7.03. The Balaban J connectivity index is 1.89. The molecule has 168 valence electrons. The van der Waals surface area contributed by atoms with Crippen LogP contribution in [-0.2, 0) is 9.59 Å². The number of hydrogen-bond acceptors (Lipinski definition) is 6. The van der Waals surface area contributed by atoms with Crippen LogP contribution in [0.1, 0.15) is 11.1 Å². The topological polar surface area (TPSA) is 122 Å². The number of fused-ring (bicyclic) bond motifs is 1. The second kappa shape index (κ2) is 9.75. The molecule has 0 bridgehead atoms. The molecule has 0 aliphatic heterocycles. The summed E-state index contributed by atoms with van der Waals surface area (Å²) in [6.07, 6.45) is 3.91. The first-order valence-corrected chi connectivity index (χ1v) is 10.7. The molecule has 0 saturated carbocycles. The van der Waals surface area contributed by atoms with E-state index < -0.39 is 23.3 Å². The number of benzene rings is 1. The molecule has 0 amide bonds. The van der Waals surface area contributed by atoms with Gasteiger partial charge in [-0.3, -0.25) is 14.6 Å². The van der Waals surface area contributed by atoms with Crippen molar-refractivity contribution in [3.05, 3.63) is 100 Å². The van der Waals surface area contributed by atoms with E-state index in [0.29, 0.717) is 33.2 Å². The van der Waals surface area contributed by atoms with Gasteiger partial charge in [-0.2, -0.15) is 0 Å². The molecule has 4 rings (SSSR count). The molecule has 0 spiro atoms. The van der Waals surface area contributed by atoms with Crippen LogP contribution >= 0.6 is 11.3 Å². The van der Waals surface area contributed by atoms with Crippen LogP contribution in [0, 0.1) is 13.1 Å². The number of carboxylic acids is 2. The van der Waals surface area contributed by atoms with Gasteiger partial charge in [0.05, 0.1) is 34.7 Å². The lowest BCUT2D eigenvalue weighted by molar-refractivity contribution is -0.133. The van der Waals surface area contributed by atoms with Crippen LogP contribution in [-0.4, -0.2) is 37.1 Å². The Kier molecular flexibility index (Phi) is 6.40. The highest BCUT2D eigenvalue weighted by molar-refractivity contribution is 7.21. The normalized spacial score (nSPS) is 11.6. The molecule has 3 aromatic heterocycles. The maximum atomic E-state index is 11.4. The number of thiazole rings is 1. The Labute approximate surface area is 202 Å². The Morgan fingerprint density at radius 2 is 1.46 bits per heavy atom. The molecule has 3 heterocycles. The standard InChI is InChI=1S/C25H13N5O4S/c1-26-20(24(31)32)10-14-7-8-28-17(9-14)18-11-15(13-21(27-2)25(33)34)12-19(29-18)23-30-16-5-3-4-6-22(16)35-23/h3-13H,(H,31,32)(H,33,34)/b20-10+,21-13+. The fourth-order valence-electron chi connectivity index (χ4n) is 3.13. The Hall–Kier alpha value is -5.19. The Bertz CT molecular complexity index is 1610. The summed E-state index contributed by atoms with van der Waals surface area (Å²) in [5.74, 6) is -2.70. The summed E-state index contributed by atoms with van der Waals surface area (Å²) in [6.45, 7) is 14.2. The summed E-state index contributed by atoms with van der Waals surface area (Å²) < 4.78 is 0.949. The smallest absolute Gasteiger partial charge is 0.333 e. The van der Waals surface area contributed by atoms with E-state index in [4.69, 9.17) is 18.3 Å². The van der Waals surface area contributed by atoms with Gasteiger partial charge in [-0.15, -0.1) is 11.3 Å². The van der Waals surface area contributed by atoms with Crippen molar-refractivity contribution in [2.45, 2.75) is 0 Å². The molecular weight excluding hydrogens is 466 g/mol. The summed E-state index contributed by atoms with van der Waals surface area (Å²) in [4.78, 5) is 42.2. The van der Waals surface area contributed by atoms with Gasteiger partial charge in [0.25, 0.3) is 11.4 Å². The Morgan fingerprint density at radius 1 is 0.829 bits per heavy atom. The average molecular weight is 479 g/mol. The van der Waals surface area contributed by atoms with Crippen molar-refractivity contribution in [3.63, 3.8) is 0 Å². The van der Waals surface area contributed by atoms with Crippen LogP contribution in [0.25, 0.3) is 54.1 Å². The molecule has 1 aromatic carbocycles. The summed E-state index contributed by atoms with van der Waals surface area (Å²) in [5.41, 5.74) is 1.89. The fraction of sp³-hybridized carbons (Fsp3) is 0. The third-order valence-corrected chi connectivity index (χ3v) is 5.75. The summed E-state index contributed by atoms with van der Waals surface area (Å²) in [6, 6.07) is 13.9. The minimum atomic E-state index is -1.36. The zero-order chi connectivity index (χ0) is 24.9. The summed E-state index contributed by atoms with van der Waals surface area (Å²) >= 11 is 1.41. The van der Waals surface area contributed by atoms with E-state index in [9.17, 15) is 14.7 Å². The number of nitrogens with zero attached hydrogens (tertiary/aromatic N) is 5. The van der Waals surface area contributed by atoms with Crippen LogP contribution in [0.2, 0.25) is 0 Å². The molecule has 9 nitrogen and oxygen atoms in total. The molecule has 0 aliphatic carbocycles. The lowest BCUT2D eigenvalue weighted by Gasteiger charge is -2.07. The lowest BCUT2D eigenvalue weighted by Crippen LogP contribution is -1.97. The molecule has 0 radical (unpaired) electrons. The molecule has 0 saturated heterocycles. The number of carboxylic acid groups (broad SMARTS) is 2. The highest BCUT2D eigenvalue weighted by Crippen LogP contribution is 2.32. The number of hydrogen-bond donors (Lipinski definition) is 2. The van der Waals surface area contributed by atoms with E-state index in [0.717, 1.165) is 10.2 Å². The van der Waals surface area contributed by atoms with E-state index in [1.54, 1.807) is 24.3 Å². The van der Waals surface area contributed by atoms with Gasteiger partial charge >= 0.3 is 11.9 Å². The number of rotatable bonds is 6. The highest BCUT2D eigenvalue weighted by atomic mass is 32.1. The highest BCUT2D eigenvalue weighted by Gasteiger charge is 2.14. The first kappa shape index (κ1) is 23.0. The first-order chi connectivity index (χ1) is 16.9. The summed E-state index contributed by atoms with van der Waals surface area (Å²) in [5, 5.41) is 19.0. The maximum absolute atomic E-state index is 11.4. The predicted octanol–water partition coefficient (Wildman–Crippen LogP) is 5.11. The van der Waals surface area contributed by atoms with Gasteiger partial charge in [0.15, 0.2) is 0 Å². The molecule has 0 unspecified atom stereocenters. The molecular formula is C25H13N5O4S. The predicted molar refractivity (Wildman–Crippen MR) is 131 cm³/mol.